The molecule has 1 unspecified atom stereocenters. The minimum Gasteiger partial charge on any atom is -0.465 e. The highest BCUT2D eigenvalue weighted by Gasteiger charge is 2.17. The maximum atomic E-state index is 13.7. The van der Waals surface area contributed by atoms with Crippen molar-refractivity contribution in [3.8, 4) is 5.75 Å². The smallest absolute Gasteiger partial charge is 0.412 e. The third kappa shape index (κ3) is 4.76. The fourth-order valence-electron chi connectivity index (χ4n) is 2.21. The van der Waals surface area contributed by atoms with Crippen LogP contribution in [-0.2, 0) is 4.74 Å². The predicted octanol–water partition coefficient (Wildman–Crippen LogP) is 3.64. The molecule has 2 aromatic carbocycles. The summed E-state index contributed by atoms with van der Waals surface area (Å²) < 4.78 is 36.6. The molecule has 0 fully saturated rings. The van der Waals surface area contributed by atoms with Gasteiger partial charge >= 0.3 is 12.1 Å². The van der Waals surface area contributed by atoms with E-state index in [1.165, 1.54) is 19.2 Å². The summed E-state index contributed by atoms with van der Waals surface area (Å²) in [5.41, 5.74) is 0.250. The minimum atomic E-state index is -0.819. The van der Waals surface area contributed by atoms with Gasteiger partial charge in [0.2, 0.25) is 0 Å². The van der Waals surface area contributed by atoms with Gasteiger partial charge in [-0.2, -0.15) is 0 Å². The van der Waals surface area contributed by atoms with Crippen LogP contribution in [0.2, 0.25) is 0 Å². The van der Waals surface area contributed by atoms with Gasteiger partial charge in [0.1, 0.15) is 22.9 Å². The number of nitrogens with one attached hydrogen (secondary N) is 1. The molecule has 1 amide bonds. The molecule has 0 saturated carbocycles. The van der Waals surface area contributed by atoms with E-state index >= 15 is 0 Å². The van der Waals surface area contributed by atoms with Gasteiger partial charge in [-0.25, -0.2) is 18.4 Å². The lowest BCUT2D eigenvalue weighted by Crippen LogP contribution is -2.31. The Morgan fingerprint density at radius 2 is 1.88 bits per heavy atom. The number of ether oxygens (including phenoxy) is 2. The topological polar surface area (TPSA) is 64.6 Å². The van der Waals surface area contributed by atoms with Crippen LogP contribution in [0.4, 0.5) is 13.6 Å². The van der Waals surface area contributed by atoms with Gasteiger partial charge in [0.05, 0.1) is 7.11 Å². The third-order valence-electron chi connectivity index (χ3n) is 3.54. The average Bonchev–Trinajstić information content (AvgIpc) is 2.61. The Kier molecular flexibility index (Phi) is 6.05. The van der Waals surface area contributed by atoms with Gasteiger partial charge in [0, 0.05) is 12.5 Å². The number of carbonyl (C=O) groups is 2. The Hall–Kier alpha value is -2.96. The van der Waals surface area contributed by atoms with Gasteiger partial charge in [0.15, 0.2) is 0 Å². The Morgan fingerprint density at radius 3 is 2.60 bits per heavy atom. The molecule has 5 nitrogen and oxygen atoms in total. The average molecular weight is 349 g/mol. The van der Waals surface area contributed by atoms with E-state index in [1.54, 1.807) is 19.1 Å². The number of amides is 1. The first-order valence-corrected chi connectivity index (χ1v) is 7.50. The molecule has 1 atom stereocenters. The van der Waals surface area contributed by atoms with Crippen molar-refractivity contribution in [3.05, 3.63) is 65.2 Å². The normalized spacial score (nSPS) is 11.5. The van der Waals surface area contributed by atoms with Crippen LogP contribution in [0.5, 0.6) is 5.75 Å². The van der Waals surface area contributed by atoms with Crippen LogP contribution in [-0.4, -0.2) is 25.7 Å². The molecule has 2 aromatic rings. The van der Waals surface area contributed by atoms with Crippen LogP contribution in [0.15, 0.2) is 42.5 Å². The zero-order valence-corrected chi connectivity index (χ0v) is 13.7. The molecule has 0 aliphatic heterocycles. The van der Waals surface area contributed by atoms with E-state index in [0.717, 1.165) is 18.2 Å². The predicted molar refractivity (Wildman–Crippen MR) is 86.6 cm³/mol. The monoisotopic (exact) mass is 349 g/mol. The number of hydrogen-bond acceptors (Lipinski definition) is 4. The van der Waals surface area contributed by atoms with Crippen molar-refractivity contribution in [2.75, 3.05) is 13.7 Å². The Morgan fingerprint density at radius 1 is 1.16 bits per heavy atom. The molecule has 0 aromatic heterocycles. The maximum absolute atomic E-state index is 13.7. The van der Waals surface area contributed by atoms with Gasteiger partial charge in [0.25, 0.3) is 0 Å². The summed E-state index contributed by atoms with van der Waals surface area (Å²) in [7, 11) is 1.22. The van der Waals surface area contributed by atoms with Crippen LogP contribution in [0, 0.1) is 11.6 Å². The van der Waals surface area contributed by atoms with Crippen LogP contribution >= 0.6 is 0 Å². The van der Waals surface area contributed by atoms with Gasteiger partial charge in [-0.05, 0) is 35.9 Å². The number of para-hydroxylation sites is 1. The summed E-state index contributed by atoms with van der Waals surface area (Å²) in [4.78, 5) is 23.5. The van der Waals surface area contributed by atoms with Gasteiger partial charge in [-0.15, -0.1) is 0 Å². The minimum absolute atomic E-state index is 0.0274. The largest absolute Gasteiger partial charge is 0.465 e. The van der Waals surface area contributed by atoms with E-state index in [1.807, 2.05) is 0 Å². The SMILES string of the molecule is COC(=O)c1ccccc1OC(=O)NCC(C)c1cc(F)ccc1F. The van der Waals surface area contributed by atoms with E-state index in [2.05, 4.69) is 10.1 Å². The van der Waals surface area contributed by atoms with Gasteiger partial charge in [-0.3, -0.25) is 0 Å². The number of benzene rings is 2. The second-order valence-corrected chi connectivity index (χ2v) is 5.33. The molecular weight excluding hydrogens is 332 g/mol. The van der Waals surface area contributed by atoms with Crippen molar-refractivity contribution in [1.29, 1.82) is 0 Å². The highest BCUT2D eigenvalue weighted by Crippen LogP contribution is 2.21. The summed E-state index contributed by atoms with van der Waals surface area (Å²) in [5.74, 6) is -2.19. The molecule has 0 bridgehead atoms. The lowest BCUT2D eigenvalue weighted by atomic mass is 10.0. The molecule has 0 aliphatic rings. The Labute approximate surface area is 143 Å². The zero-order chi connectivity index (χ0) is 18.4. The fraction of sp³-hybridized carbons (Fsp3) is 0.222. The molecular formula is C18H17F2NO4. The summed E-state index contributed by atoms with van der Waals surface area (Å²) in [6, 6.07) is 9.25. The van der Waals surface area contributed by atoms with E-state index in [0.29, 0.717) is 0 Å². The maximum Gasteiger partial charge on any atom is 0.412 e. The van der Waals surface area contributed by atoms with Crippen LogP contribution < -0.4 is 10.1 Å². The van der Waals surface area contributed by atoms with Crippen molar-refractivity contribution in [3.63, 3.8) is 0 Å². The summed E-state index contributed by atoms with van der Waals surface area (Å²) in [6.45, 7) is 1.67. The molecule has 2 rings (SSSR count). The first kappa shape index (κ1) is 18.4. The van der Waals surface area contributed by atoms with E-state index in [-0.39, 0.29) is 23.4 Å². The fourth-order valence-corrected chi connectivity index (χ4v) is 2.21. The van der Waals surface area contributed by atoms with Gasteiger partial charge in [-0.1, -0.05) is 19.1 Å². The van der Waals surface area contributed by atoms with Crippen molar-refractivity contribution >= 4 is 12.1 Å². The second-order valence-electron chi connectivity index (χ2n) is 5.33. The number of methoxy groups -OCH3 is 1. The van der Waals surface area contributed by atoms with Crippen LogP contribution in [0.25, 0.3) is 0 Å². The van der Waals surface area contributed by atoms with E-state index < -0.39 is 29.6 Å². The molecule has 1 N–H and O–H groups in total. The van der Waals surface area contributed by atoms with Crippen molar-refractivity contribution in [1.82, 2.24) is 5.32 Å². The number of carbonyl (C=O) groups excluding carboxylic acids is 2. The summed E-state index contributed by atoms with van der Waals surface area (Å²) >= 11 is 0. The molecule has 0 heterocycles. The van der Waals surface area contributed by atoms with E-state index in [4.69, 9.17) is 4.74 Å². The second kappa shape index (κ2) is 8.23. The summed E-state index contributed by atoms with van der Waals surface area (Å²) in [6.07, 6.45) is -0.819. The van der Waals surface area contributed by atoms with Crippen molar-refractivity contribution < 1.29 is 27.8 Å². The Balaban J connectivity index is 1.99. The standard InChI is InChI=1S/C18H17F2NO4/c1-11(14-9-12(19)7-8-15(14)20)10-21-18(23)25-16-6-4-3-5-13(16)17(22)24-2/h3-9,11H,10H2,1-2H3,(H,21,23). The van der Waals surface area contributed by atoms with E-state index in [9.17, 15) is 18.4 Å². The first-order valence-electron chi connectivity index (χ1n) is 7.50. The highest BCUT2D eigenvalue weighted by atomic mass is 19.1. The molecule has 25 heavy (non-hydrogen) atoms. The lowest BCUT2D eigenvalue weighted by molar-refractivity contribution is 0.0598. The number of esters is 1. The van der Waals surface area contributed by atoms with Crippen molar-refractivity contribution in [2.45, 2.75) is 12.8 Å². The molecule has 0 saturated heterocycles. The lowest BCUT2D eigenvalue weighted by Gasteiger charge is -2.14. The number of rotatable bonds is 5. The van der Waals surface area contributed by atoms with Gasteiger partial charge < -0.3 is 14.8 Å². The number of hydrogen-bond donors (Lipinski definition) is 1. The zero-order valence-electron chi connectivity index (χ0n) is 13.7. The summed E-state index contributed by atoms with van der Waals surface area (Å²) in [5, 5.41) is 2.46. The van der Waals surface area contributed by atoms with Crippen LogP contribution in [0.3, 0.4) is 0 Å². The molecule has 0 aliphatic carbocycles. The van der Waals surface area contributed by atoms with Crippen molar-refractivity contribution in [2.24, 2.45) is 0 Å². The molecule has 132 valence electrons. The Bertz CT molecular complexity index is 779. The first-order chi connectivity index (χ1) is 11.9. The molecule has 0 spiro atoms. The quantitative estimate of drug-likeness (QED) is 0.837. The third-order valence-corrected chi connectivity index (χ3v) is 3.54. The molecule has 0 radical (unpaired) electrons. The highest BCUT2D eigenvalue weighted by molar-refractivity contribution is 5.93. The number of halogens is 2. The molecule has 7 heteroatoms. The van der Waals surface area contributed by atoms with Crippen LogP contribution in [0.1, 0.15) is 28.8 Å².